The highest BCUT2D eigenvalue weighted by atomic mass is 35.5. The van der Waals surface area contributed by atoms with Crippen molar-refractivity contribution in [2.75, 3.05) is 33.6 Å². The van der Waals surface area contributed by atoms with Crippen molar-refractivity contribution in [1.82, 2.24) is 10.7 Å². The quantitative estimate of drug-likeness (QED) is 0.327. The van der Waals surface area contributed by atoms with Crippen molar-refractivity contribution in [3.05, 3.63) is 83.9 Å². The van der Waals surface area contributed by atoms with Gasteiger partial charge in [-0.3, -0.25) is 14.9 Å². The number of urea groups is 2. The molecule has 1 aliphatic heterocycles. The van der Waals surface area contributed by atoms with Crippen molar-refractivity contribution in [3.8, 4) is 0 Å². The number of hydrogen-bond acceptors (Lipinski definition) is 5. The molecule has 1 fully saturated rings. The van der Waals surface area contributed by atoms with Gasteiger partial charge in [0, 0.05) is 16.4 Å². The molecule has 0 bridgehead atoms. The maximum absolute atomic E-state index is 13.1. The zero-order valence-corrected chi connectivity index (χ0v) is 19.1. The van der Waals surface area contributed by atoms with E-state index in [0.717, 1.165) is 9.91 Å². The summed E-state index contributed by atoms with van der Waals surface area (Å²) in [4.78, 5) is 50.9. The highest BCUT2D eigenvalue weighted by Crippen LogP contribution is 2.21. The summed E-state index contributed by atoms with van der Waals surface area (Å²) in [5.41, 5.74) is 4.24. The van der Waals surface area contributed by atoms with Crippen molar-refractivity contribution in [2.24, 2.45) is 0 Å². The number of rotatable bonds is 4. The molecule has 0 spiro atoms. The van der Waals surface area contributed by atoms with Crippen molar-refractivity contribution < 1.29 is 19.2 Å². The van der Waals surface area contributed by atoms with Gasteiger partial charge in [-0.15, -0.1) is 0 Å². The number of para-hydroxylation sites is 1. The molecular formula is C24H21ClN6O4. The van der Waals surface area contributed by atoms with E-state index in [2.05, 4.69) is 21.4 Å². The van der Waals surface area contributed by atoms with Crippen LogP contribution < -0.4 is 31.3 Å². The first-order valence-corrected chi connectivity index (χ1v) is 10.9. The first kappa shape index (κ1) is 23.7. The van der Waals surface area contributed by atoms with E-state index in [4.69, 9.17) is 11.6 Å². The molecule has 3 aromatic carbocycles. The molecular weight excluding hydrogens is 472 g/mol. The van der Waals surface area contributed by atoms with E-state index in [1.165, 1.54) is 0 Å². The van der Waals surface area contributed by atoms with Crippen molar-refractivity contribution in [2.45, 2.75) is 0 Å². The molecule has 6 amide bonds. The second-order valence-electron chi connectivity index (χ2n) is 7.45. The average molecular weight is 493 g/mol. The van der Waals surface area contributed by atoms with Gasteiger partial charge in [0.05, 0.1) is 24.5 Å². The molecule has 11 heteroatoms. The van der Waals surface area contributed by atoms with E-state index in [9.17, 15) is 19.2 Å². The number of piperazine rings is 1. The third kappa shape index (κ3) is 5.94. The highest BCUT2D eigenvalue weighted by Gasteiger charge is 2.27. The number of imide groups is 1. The molecule has 4 N–H and O–H groups in total. The van der Waals surface area contributed by atoms with Gasteiger partial charge in [-0.05, 0) is 60.7 Å². The average Bonchev–Trinajstić information content (AvgIpc) is 2.85. The van der Waals surface area contributed by atoms with E-state index >= 15 is 0 Å². The Morgan fingerprint density at radius 2 is 1.37 bits per heavy atom. The highest BCUT2D eigenvalue weighted by molar-refractivity contribution is 6.30. The molecule has 0 radical (unpaired) electrons. The smallest absolute Gasteiger partial charge is 0.307 e. The number of nitrogens with one attached hydrogen (secondary N) is 4. The summed E-state index contributed by atoms with van der Waals surface area (Å²) in [5.74, 6) is -0.714. The van der Waals surface area contributed by atoms with Crippen LogP contribution in [0.1, 0.15) is 0 Å². The number of anilines is 4. The van der Waals surface area contributed by atoms with Gasteiger partial charge in [-0.1, -0.05) is 29.8 Å². The van der Waals surface area contributed by atoms with Crippen LogP contribution in [0.5, 0.6) is 0 Å². The van der Waals surface area contributed by atoms with Crippen LogP contribution in [0, 0.1) is 0 Å². The Balaban J connectivity index is 1.47. The minimum atomic E-state index is -0.641. The molecule has 0 unspecified atom stereocenters. The summed E-state index contributed by atoms with van der Waals surface area (Å²) in [7, 11) is 0. The van der Waals surface area contributed by atoms with Crippen LogP contribution in [-0.4, -0.2) is 37.0 Å². The fraction of sp³-hybridized carbons (Fsp3) is 0.0833. The minimum Gasteiger partial charge on any atom is -0.307 e. The summed E-state index contributed by atoms with van der Waals surface area (Å²) in [5, 5.41) is 9.65. The van der Waals surface area contributed by atoms with Crippen LogP contribution in [0.4, 0.5) is 32.3 Å². The van der Waals surface area contributed by atoms with Crippen molar-refractivity contribution in [1.29, 1.82) is 0 Å². The lowest BCUT2D eigenvalue weighted by atomic mass is 10.2. The number of carbonyl (C=O) groups is 4. The van der Waals surface area contributed by atoms with Gasteiger partial charge in [0.2, 0.25) is 11.8 Å². The predicted octanol–water partition coefficient (Wildman–Crippen LogP) is 3.58. The Morgan fingerprint density at radius 1 is 0.800 bits per heavy atom. The van der Waals surface area contributed by atoms with Crippen LogP contribution >= 0.6 is 11.6 Å². The van der Waals surface area contributed by atoms with E-state index in [1.807, 2.05) is 0 Å². The Bertz CT molecular complexity index is 1220. The number of hydrazine groups is 1. The summed E-state index contributed by atoms with van der Waals surface area (Å²) in [6.45, 7) is 0.139. The maximum atomic E-state index is 13.1. The second-order valence-corrected chi connectivity index (χ2v) is 7.88. The van der Waals surface area contributed by atoms with E-state index < -0.39 is 12.1 Å². The number of hydrogen-bond donors (Lipinski definition) is 4. The molecule has 0 aliphatic carbocycles. The maximum Gasteiger partial charge on any atom is 0.345 e. The number of nitrogens with zero attached hydrogens (tertiary/aromatic N) is 2. The second kappa shape index (κ2) is 10.7. The van der Waals surface area contributed by atoms with Crippen LogP contribution in [0.3, 0.4) is 0 Å². The zero-order chi connectivity index (χ0) is 24.8. The summed E-state index contributed by atoms with van der Waals surface area (Å²) < 4.78 is 0. The molecule has 178 valence electrons. The van der Waals surface area contributed by atoms with Crippen LogP contribution in [0.15, 0.2) is 78.9 Å². The molecule has 1 aliphatic rings. The van der Waals surface area contributed by atoms with E-state index in [1.54, 1.807) is 78.9 Å². The topological polar surface area (TPSA) is 123 Å². The third-order valence-electron chi connectivity index (χ3n) is 4.96. The lowest BCUT2D eigenvalue weighted by Gasteiger charge is -2.26. The molecule has 1 heterocycles. The van der Waals surface area contributed by atoms with Gasteiger partial charge in [0.15, 0.2) is 0 Å². The van der Waals surface area contributed by atoms with Gasteiger partial charge in [0.1, 0.15) is 0 Å². The van der Waals surface area contributed by atoms with Crippen molar-refractivity contribution >= 4 is 58.2 Å². The number of benzene rings is 3. The SMILES string of the molecule is O=C(Nc1ccc(Cl)cc1)NN(C(=O)Nc1ccc(N2C(=O)CNCC2=O)cc1)c1ccccc1. The first-order chi connectivity index (χ1) is 16.9. The fourth-order valence-corrected chi connectivity index (χ4v) is 3.46. The molecule has 0 aromatic heterocycles. The number of amides is 6. The molecule has 35 heavy (non-hydrogen) atoms. The summed E-state index contributed by atoms with van der Waals surface area (Å²) in [6, 6.07) is 20.0. The monoisotopic (exact) mass is 492 g/mol. The van der Waals surface area contributed by atoms with Crippen LogP contribution in [0.25, 0.3) is 0 Å². The summed E-state index contributed by atoms with van der Waals surface area (Å²) >= 11 is 5.87. The Kier molecular flexibility index (Phi) is 7.24. The minimum absolute atomic E-state index is 0.0695. The number of carbonyl (C=O) groups excluding carboxylic acids is 4. The third-order valence-corrected chi connectivity index (χ3v) is 5.21. The molecule has 3 aromatic rings. The van der Waals surface area contributed by atoms with Crippen LogP contribution in [-0.2, 0) is 9.59 Å². The Hall–Kier alpha value is -4.41. The molecule has 0 saturated carbocycles. The molecule has 1 saturated heterocycles. The molecule has 10 nitrogen and oxygen atoms in total. The standard InChI is InChI=1S/C24H21ClN6O4/c25-16-6-8-17(9-7-16)27-23(34)29-31(20-4-2-1-3-5-20)24(35)28-18-10-12-19(13-11-18)30-21(32)14-26-15-22(30)33/h1-13,26H,14-15H2,(H,28,35)(H2,27,29,34). The predicted molar refractivity (Wildman–Crippen MR) is 133 cm³/mol. The normalized spacial score (nSPS) is 13.2. The lowest BCUT2D eigenvalue weighted by Crippen LogP contribution is -2.52. The first-order valence-electron chi connectivity index (χ1n) is 10.6. The van der Waals surface area contributed by atoms with Crippen LogP contribution in [0.2, 0.25) is 5.02 Å². The van der Waals surface area contributed by atoms with Gasteiger partial charge >= 0.3 is 12.1 Å². The van der Waals surface area contributed by atoms with Crippen molar-refractivity contribution in [3.63, 3.8) is 0 Å². The van der Waals surface area contributed by atoms with Gasteiger partial charge < -0.3 is 10.6 Å². The van der Waals surface area contributed by atoms with E-state index in [0.29, 0.717) is 27.8 Å². The number of halogens is 1. The van der Waals surface area contributed by atoms with Gasteiger partial charge in [0.25, 0.3) is 0 Å². The Labute approximate surface area is 205 Å². The summed E-state index contributed by atoms with van der Waals surface area (Å²) in [6.07, 6.45) is 0. The largest absolute Gasteiger partial charge is 0.345 e. The Morgan fingerprint density at radius 3 is 2.00 bits per heavy atom. The van der Waals surface area contributed by atoms with Gasteiger partial charge in [-0.2, -0.15) is 0 Å². The zero-order valence-electron chi connectivity index (χ0n) is 18.3. The van der Waals surface area contributed by atoms with Gasteiger partial charge in [-0.25, -0.2) is 24.9 Å². The lowest BCUT2D eigenvalue weighted by molar-refractivity contribution is -0.127. The van der Waals surface area contributed by atoms with E-state index in [-0.39, 0.29) is 24.9 Å². The molecule has 0 atom stereocenters. The fourth-order valence-electron chi connectivity index (χ4n) is 3.34. The molecule has 4 rings (SSSR count).